The molecule has 3 aliphatic heterocycles. The lowest BCUT2D eigenvalue weighted by atomic mass is 9.95. The number of fused-ring (bicyclic) bond motifs is 1. The Labute approximate surface area is 118 Å². The minimum Gasteiger partial charge on any atom is -0.313 e. The largest absolute Gasteiger partial charge is 0.313 e. The first-order valence-corrected chi connectivity index (χ1v) is 8.58. The van der Waals surface area contributed by atoms with Crippen LogP contribution >= 0.6 is 0 Å². The van der Waals surface area contributed by atoms with Crippen LogP contribution in [-0.2, 0) is 0 Å². The molecular formula is C16H31N3. The average molecular weight is 265 g/mol. The van der Waals surface area contributed by atoms with Crippen LogP contribution in [0.2, 0.25) is 0 Å². The fourth-order valence-corrected chi connectivity index (χ4v) is 4.44. The zero-order valence-electron chi connectivity index (χ0n) is 12.6. The highest BCUT2D eigenvalue weighted by molar-refractivity contribution is 4.92. The van der Waals surface area contributed by atoms with Crippen molar-refractivity contribution in [3.63, 3.8) is 0 Å². The number of nitrogens with zero attached hydrogens (tertiary/aromatic N) is 2. The summed E-state index contributed by atoms with van der Waals surface area (Å²) >= 11 is 0. The molecule has 110 valence electrons. The predicted molar refractivity (Wildman–Crippen MR) is 80.5 cm³/mol. The molecule has 0 aromatic carbocycles. The van der Waals surface area contributed by atoms with Crippen LogP contribution in [0.25, 0.3) is 0 Å². The van der Waals surface area contributed by atoms with Gasteiger partial charge in [-0.1, -0.05) is 13.3 Å². The van der Waals surface area contributed by atoms with Gasteiger partial charge in [-0.2, -0.15) is 0 Å². The Morgan fingerprint density at radius 2 is 1.84 bits per heavy atom. The summed E-state index contributed by atoms with van der Waals surface area (Å²) in [6.45, 7) is 8.89. The molecule has 0 aromatic heterocycles. The molecule has 0 spiro atoms. The molecule has 3 heteroatoms. The topological polar surface area (TPSA) is 18.5 Å². The van der Waals surface area contributed by atoms with Crippen LogP contribution in [0.5, 0.6) is 0 Å². The molecule has 3 unspecified atom stereocenters. The lowest BCUT2D eigenvalue weighted by Crippen LogP contribution is -2.50. The molecule has 0 aliphatic carbocycles. The summed E-state index contributed by atoms with van der Waals surface area (Å²) in [7, 11) is 0. The van der Waals surface area contributed by atoms with E-state index in [9.17, 15) is 0 Å². The SMILES string of the molecule is CCCC1CN(C2CCN3CCCC3C2)CCCN1. The molecule has 0 radical (unpaired) electrons. The lowest BCUT2D eigenvalue weighted by molar-refractivity contribution is 0.0856. The molecule has 3 fully saturated rings. The van der Waals surface area contributed by atoms with Gasteiger partial charge in [-0.25, -0.2) is 0 Å². The minimum absolute atomic E-state index is 0.745. The number of nitrogens with one attached hydrogen (secondary N) is 1. The third-order valence-electron chi connectivity index (χ3n) is 5.46. The van der Waals surface area contributed by atoms with Crippen molar-refractivity contribution in [2.24, 2.45) is 0 Å². The first kappa shape index (κ1) is 13.8. The van der Waals surface area contributed by atoms with Crippen molar-refractivity contribution >= 4 is 0 Å². The molecule has 0 bridgehead atoms. The van der Waals surface area contributed by atoms with Crippen molar-refractivity contribution in [1.29, 1.82) is 0 Å². The Bertz CT molecular complexity index is 281. The fourth-order valence-electron chi connectivity index (χ4n) is 4.44. The molecule has 3 atom stereocenters. The third-order valence-corrected chi connectivity index (χ3v) is 5.46. The van der Waals surface area contributed by atoms with Gasteiger partial charge in [0.1, 0.15) is 0 Å². The first-order chi connectivity index (χ1) is 9.36. The van der Waals surface area contributed by atoms with Gasteiger partial charge in [-0.15, -0.1) is 0 Å². The monoisotopic (exact) mass is 265 g/mol. The van der Waals surface area contributed by atoms with E-state index in [-0.39, 0.29) is 0 Å². The maximum absolute atomic E-state index is 3.75. The van der Waals surface area contributed by atoms with Gasteiger partial charge in [0.25, 0.3) is 0 Å². The van der Waals surface area contributed by atoms with Crippen LogP contribution < -0.4 is 5.32 Å². The highest BCUT2D eigenvalue weighted by atomic mass is 15.2. The van der Waals surface area contributed by atoms with E-state index in [2.05, 4.69) is 22.0 Å². The maximum atomic E-state index is 3.75. The van der Waals surface area contributed by atoms with Gasteiger partial charge in [-0.3, -0.25) is 4.90 Å². The van der Waals surface area contributed by atoms with Crippen molar-refractivity contribution in [1.82, 2.24) is 15.1 Å². The molecule has 0 aromatic rings. The standard InChI is InChI=1S/C16H31N3/c1-2-5-14-13-19(10-4-8-17-14)16-7-11-18-9-3-6-15(18)12-16/h14-17H,2-13H2,1H3. The quantitative estimate of drug-likeness (QED) is 0.843. The van der Waals surface area contributed by atoms with E-state index in [1.54, 1.807) is 0 Å². The predicted octanol–water partition coefficient (Wildman–Crippen LogP) is 2.08. The summed E-state index contributed by atoms with van der Waals surface area (Å²) in [5.41, 5.74) is 0. The van der Waals surface area contributed by atoms with E-state index < -0.39 is 0 Å². The summed E-state index contributed by atoms with van der Waals surface area (Å²) < 4.78 is 0. The molecular weight excluding hydrogens is 234 g/mol. The van der Waals surface area contributed by atoms with E-state index in [0.29, 0.717) is 0 Å². The fraction of sp³-hybridized carbons (Fsp3) is 1.00. The molecule has 19 heavy (non-hydrogen) atoms. The Kier molecular flexibility index (Phi) is 4.78. The van der Waals surface area contributed by atoms with Gasteiger partial charge < -0.3 is 10.2 Å². The minimum atomic E-state index is 0.745. The summed E-state index contributed by atoms with van der Waals surface area (Å²) in [5, 5.41) is 3.75. The van der Waals surface area contributed by atoms with E-state index >= 15 is 0 Å². The first-order valence-electron chi connectivity index (χ1n) is 8.58. The van der Waals surface area contributed by atoms with E-state index in [1.807, 2.05) is 0 Å². The van der Waals surface area contributed by atoms with E-state index in [4.69, 9.17) is 0 Å². The van der Waals surface area contributed by atoms with Gasteiger partial charge in [0.2, 0.25) is 0 Å². The summed E-state index contributed by atoms with van der Waals surface area (Å²) in [5.74, 6) is 0. The molecule has 3 aliphatic rings. The van der Waals surface area contributed by atoms with Gasteiger partial charge >= 0.3 is 0 Å². The Hall–Kier alpha value is -0.120. The third kappa shape index (κ3) is 3.32. The summed E-state index contributed by atoms with van der Waals surface area (Å²) in [6.07, 6.45) is 9.75. The Balaban J connectivity index is 1.57. The van der Waals surface area contributed by atoms with Gasteiger partial charge in [-0.05, 0) is 64.7 Å². The number of hydrogen-bond donors (Lipinski definition) is 1. The van der Waals surface area contributed by atoms with Crippen molar-refractivity contribution in [2.75, 3.05) is 32.7 Å². The maximum Gasteiger partial charge on any atom is 0.0195 e. The van der Waals surface area contributed by atoms with Crippen LogP contribution in [0.3, 0.4) is 0 Å². The van der Waals surface area contributed by atoms with Crippen molar-refractivity contribution in [3.8, 4) is 0 Å². The summed E-state index contributed by atoms with van der Waals surface area (Å²) in [6, 6.07) is 2.53. The Morgan fingerprint density at radius 3 is 2.74 bits per heavy atom. The van der Waals surface area contributed by atoms with E-state index in [1.165, 1.54) is 77.7 Å². The van der Waals surface area contributed by atoms with Crippen LogP contribution in [0.15, 0.2) is 0 Å². The van der Waals surface area contributed by atoms with E-state index in [0.717, 1.165) is 18.1 Å². The highest BCUT2D eigenvalue weighted by Crippen LogP contribution is 2.29. The van der Waals surface area contributed by atoms with Crippen molar-refractivity contribution < 1.29 is 0 Å². The molecule has 0 saturated carbocycles. The average Bonchev–Trinajstić information content (AvgIpc) is 2.77. The second-order valence-electron chi connectivity index (χ2n) is 6.80. The lowest BCUT2D eigenvalue weighted by Gasteiger charge is -2.41. The summed E-state index contributed by atoms with van der Waals surface area (Å²) in [4.78, 5) is 5.58. The second-order valence-corrected chi connectivity index (χ2v) is 6.80. The number of rotatable bonds is 3. The van der Waals surface area contributed by atoms with Gasteiger partial charge in [0.05, 0.1) is 0 Å². The number of piperidine rings is 1. The van der Waals surface area contributed by atoms with Crippen LogP contribution in [-0.4, -0.2) is 60.6 Å². The normalized spacial score (nSPS) is 38.1. The van der Waals surface area contributed by atoms with Crippen LogP contribution in [0.1, 0.15) is 51.9 Å². The second kappa shape index (κ2) is 6.55. The zero-order valence-corrected chi connectivity index (χ0v) is 12.6. The molecule has 0 amide bonds. The van der Waals surface area contributed by atoms with Crippen molar-refractivity contribution in [3.05, 3.63) is 0 Å². The zero-order chi connectivity index (χ0) is 13.1. The molecule has 3 saturated heterocycles. The Morgan fingerprint density at radius 1 is 1.00 bits per heavy atom. The number of hydrogen-bond acceptors (Lipinski definition) is 3. The smallest absolute Gasteiger partial charge is 0.0195 e. The van der Waals surface area contributed by atoms with Crippen molar-refractivity contribution in [2.45, 2.75) is 70.0 Å². The molecule has 3 rings (SSSR count). The van der Waals surface area contributed by atoms with Crippen LogP contribution in [0.4, 0.5) is 0 Å². The van der Waals surface area contributed by atoms with Gasteiger partial charge in [0, 0.05) is 24.7 Å². The van der Waals surface area contributed by atoms with Gasteiger partial charge in [0.15, 0.2) is 0 Å². The molecule has 3 nitrogen and oxygen atoms in total. The molecule has 3 heterocycles. The highest BCUT2D eigenvalue weighted by Gasteiger charge is 2.34. The van der Waals surface area contributed by atoms with Crippen LogP contribution in [0, 0.1) is 0 Å². The molecule has 1 N–H and O–H groups in total.